The number of nitrogen functional groups attached to an aromatic ring is 1. The lowest BCUT2D eigenvalue weighted by Crippen LogP contribution is -2.24. The Bertz CT molecular complexity index is 1230. The first-order valence-electron chi connectivity index (χ1n) is 9.23. The molecule has 32 heavy (non-hydrogen) atoms. The molecular formula is C22H20N2O8. The van der Waals surface area contributed by atoms with Crippen molar-refractivity contribution in [3.63, 3.8) is 0 Å². The number of pyridine rings is 1. The number of hydrogen-bond donors (Lipinski definition) is 4. The van der Waals surface area contributed by atoms with Crippen LogP contribution < -0.4 is 25.5 Å². The third-order valence-electron chi connectivity index (χ3n) is 4.64. The highest BCUT2D eigenvalue weighted by Gasteiger charge is 2.28. The van der Waals surface area contributed by atoms with Gasteiger partial charge in [0, 0.05) is 5.56 Å². The molecule has 0 amide bonds. The van der Waals surface area contributed by atoms with E-state index in [2.05, 4.69) is 4.98 Å². The van der Waals surface area contributed by atoms with E-state index in [0.717, 1.165) is 5.56 Å². The minimum atomic E-state index is -1.62. The molecule has 5 N–H and O–H groups in total. The smallest absolute Gasteiger partial charge is 0.342 e. The Hall–Kier alpha value is -4.47. The van der Waals surface area contributed by atoms with Crippen molar-refractivity contribution in [1.29, 1.82) is 0 Å². The van der Waals surface area contributed by atoms with Gasteiger partial charge in [0.2, 0.25) is 5.75 Å². The average molecular weight is 440 g/mol. The summed E-state index contributed by atoms with van der Waals surface area (Å²) >= 11 is 0. The molecule has 3 aromatic rings. The number of nitrogens with one attached hydrogen (secondary N) is 1. The van der Waals surface area contributed by atoms with Crippen LogP contribution in [0, 0.1) is 0 Å². The summed E-state index contributed by atoms with van der Waals surface area (Å²) in [5.41, 5.74) is 3.83. The molecule has 10 nitrogen and oxygen atoms in total. The van der Waals surface area contributed by atoms with Gasteiger partial charge in [-0.2, -0.15) is 0 Å². The van der Waals surface area contributed by atoms with Crippen molar-refractivity contribution in [2.45, 2.75) is 6.61 Å². The molecule has 10 heteroatoms. The van der Waals surface area contributed by atoms with Gasteiger partial charge in [0.25, 0.3) is 5.56 Å². The molecule has 0 saturated heterocycles. The summed E-state index contributed by atoms with van der Waals surface area (Å²) in [6, 6.07) is 11.9. The van der Waals surface area contributed by atoms with Crippen molar-refractivity contribution in [2.75, 3.05) is 20.0 Å². The lowest BCUT2D eigenvalue weighted by Gasteiger charge is -2.18. The number of carboxylic acids is 2. The molecule has 0 atom stereocenters. The summed E-state index contributed by atoms with van der Waals surface area (Å²) in [6.07, 6.45) is 0. The fraction of sp³-hybridized carbons (Fsp3) is 0.136. The van der Waals surface area contributed by atoms with Gasteiger partial charge < -0.3 is 35.1 Å². The summed E-state index contributed by atoms with van der Waals surface area (Å²) in [6.45, 7) is 0.138. The van der Waals surface area contributed by atoms with Gasteiger partial charge in [-0.1, -0.05) is 30.3 Å². The van der Waals surface area contributed by atoms with Crippen LogP contribution in [0.25, 0.3) is 11.1 Å². The van der Waals surface area contributed by atoms with Gasteiger partial charge in [0.05, 0.1) is 14.2 Å². The third kappa shape index (κ3) is 4.19. The number of ether oxygens (including phenoxy) is 3. The van der Waals surface area contributed by atoms with Gasteiger partial charge in [-0.15, -0.1) is 0 Å². The number of anilines is 1. The predicted molar refractivity (Wildman–Crippen MR) is 115 cm³/mol. The standard InChI is InChI=1S/C22H20N2O8/c1-30-13-8-12(9-14(18(13)31-2)32-10-11-6-4-3-5-7-11)15-16(21(26)27)19(23)24-20(25)17(15)22(28)29/h3-9H,10H2,1-2H3,(H,26,27)(H,28,29)(H3,23,24,25). The highest BCUT2D eigenvalue weighted by Crippen LogP contribution is 2.43. The van der Waals surface area contributed by atoms with E-state index >= 15 is 0 Å². The molecule has 0 aliphatic rings. The number of rotatable bonds is 8. The minimum Gasteiger partial charge on any atom is -0.493 e. The zero-order valence-corrected chi connectivity index (χ0v) is 17.2. The third-order valence-corrected chi connectivity index (χ3v) is 4.64. The van der Waals surface area contributed by atoms with Gasteiger partial charge in [0.15, 0.2) is 11.5 Å². The summed E-state index contributed by atoms with van der Waals surface area (Å²) in [5, 5.41) is 19.3. The Morgan fingerprint density at radius 2 is 1.59 bits per heavy atom. The van der Waals surface area contributed by atoms with Gasteiger partial charge in [-0.25, -0.2) is 9.59 Å². The molecule has 0 unspecified atom stereocenters. The van der Waals surface area contributed by atoms with Crippen LogP contribution in [-0.2, 0) is 6.61 Å². The molecule has 0 fully saturated rings. The van der Waals surface area contributed by atoms with E-state index in [1.165, 1.54) is 26.4 Å². The molecule has 0 aliphatic heterocycles. The predicted octanol–water partition coefficient (Wildman–Crippen LogP) is 2.62. The highest BCUT2D eigenvalue weighted by molar-refractivity contribution is 6.07. The van der Waals surface area contributed by atoms with Crippen LogP contribution in [-0.4, -0.2) is 41.4 Å². The number of H-pyrrole nitrogens is 1. The molecule has 1 heterocycles. The Morgan fingerprint density at radius 3 is 2.16 bits per heavy atom. The number of carbonyl (C=O) groups is 2. The fourth-order valence-electron chi connectivity index (χ4n) is 3.25. The van der Waals surface area contributed by atoms with E-state index in [0.29, 0.717) is 0 Å². The van der Waals surface area contributed by atoms with Crippen molar-refractivity contribution >= 4 is 17.8 Å². The minimum absolute atomic E-state index is 0.0401. The number of carboxylic acid groups (broad SMARTS) is 2. The first kappa shape index (κ1) is 22.2. The zero-order valence-electron chi connectivity index (χ0n) is 17.2. The summed E-state index contributed by atoms with van der Waals surface area (Å²) in [7, 11) is 2.74. The van der Waals surface area contributed by atoms with Crippen molar-refractivity contribution < 1.29 is 34.0 Å². The number of benzene rings is 2. The van der Waals surface area contributed by atoms with Crippen LogP contribution in [0.1, 0.15) is 26.3 Å². The number of aromatic nitrogens is 1. The SMILES string of the molecule is COc1cc(-c2c(C(=O)O)c(N)[nH]c(=O)c2C(=O)O)cc(OCc2ccccc2)c1OC. The van der Waals surface area contributed by atoms with Crippen molar-refractivity contribution in [2.24, 2.45) is 0 Å². The monoisotopic (exact) mass is 440 g/mol. The molecule has 0 aliphatic carbocycles. The van der Waals surface area contributed by atoms with E-state index in [-0.39, 0.29) is 35.0 Å². The second kappa shape index (κ2) is 9.13. The molecule has 0 radical (unpaired) electrons. The van der Waals surface area contributed by atoms with Crippen LogP contribution in [0.2, 0.25) is 0 Å². The number of nitrogens with two attached hydrogens (primary N) is 1. The average Bonchev–Trinajstić information content (AvgIpc) is 2.76. The first-order valence-corrected chi connectivity index (χ1v) is 9.23. The maximum atomic E-state index is 12.3. The summed E-state index contributed by atoms with van der Waals surface area (Å²) in [5.74, 6) is -3.12. The van der Waals surface area contributed by atoms with E-state index in [9.17, 15) is 24.6 Å². The number of methoxy groups -OCH3 is 2. The van der Waals surface area contributed by atoms with Crippen molar-refractivity contribution in [3.8, 4) is 28.4 Å². The van der Waals surface area contributed by atoms with Crippen LogP contribution in [0.4, 0.5) is 5.82 Å². The van der Waals surface area contributed by atoms with E-state index in [4.69, 9.17) is 19.9 Å². The maximum Gasteiger partial charge on any atom is 0.342 e. The van der Waals surface area contributed by atoms with Gasteiger partial charge in [0.1, 0.15) is 23.6 Å². The molecule has 1 aromatic heterocycles. The van der Waals surface area contributed by atoms with Crippen LogP contribution in [0.15, 0.2) is 47.3 Å². The van der Waals surface area contributed by atoms with Crippen LogP contribution in [0.5, 0.6) is 17.2 Å². The number of hydrogen-bond acceptors (Lipinski definition) is 7. The van der Waals surface area contributed by atoms with Crippen molar-refractivity contribution in [1.82, 2.24) is 4.98 Å². The molecule has 3 rings (SSSR count). The second-order valence-electron chi connectivity index (χ2n) is 6.59. The quantitative estimate of drug-likeness (QED) is 0.412. The normalized spacial score (nSPS) is 10.4. The lowest BCUT2D eigenvalue weighted by atomic mass is 9.94. The molecule has 166 valence electrons. The first-order chi connectivity index (χ1) is 15.3. The number of aromatic carboxylic acids is 2. The van der Waals surface area contributed by atoms with E-state index < -0.39 is 34.4 Å². The number of aromatic amines is 1. The van der Waals surface area contributed by atoms with Crippen LogP contribution in [0.3, 0.4) is 0 Å². The van der Waals surface area contributed by atoms with Crippen molar-refractivity contribution in [3.05, 3.63) is 69.5 Å². The Morgan fingerprint density at radius 1 is 0.969 bits per heavy atom. The lowest BCUT2D eigenvalue weighted by molar-refractivity contribution is 0.0695. The molecular weight excluding hydrogens is 420 g/mol. The molecule has 0 bridgehead atoms. The largest absolute Gasteiger partial charge is 0.493 e. The Balaban J connectivity index is 2.28. The van der Waals surface area contributed by atoms with Crippen LogP contribution >= 0.6 is 0 Å². The molecule has 0 spiro atoms. The summed E-state index contributed by atoms with van der Waals surface area (Å²) < 4.78 is 16.6. The zero-order chi connectivity index (χ0) is 23.4. The summed E-state index contributed by atoms with van der Waals surface area (Å²) in [4.78, 5) is 38.1. The van der Waals surface area contributed by atoms with Gasteiger partial charge in [-0.3, -0.25) is 4.79 Å². The highest BCUT2D eigenvalue weighted by atomic mass is 16.5. The Kier molecular flexibility index (Phi) is 6.34. The van der Waals surface area contributed by atoms with E-state index in [1.54, 1.807) is 0 Å². The van der Waals surface area contributed by atoms with Gasteiger partial charge in [-0.05, 0) is 23.3 Å². The second-order valence-corrected chi connectivity index (χ2v) is 6.59. The van der Waals surface area contributed by atoms with E-state index in [1.807, 2.05) is 30.3 Å². The fourth-order valence-corrected chi connectivity index (χ4v) is 3.25. The topological polar surface area (TPSA) is 161 Å². The molecule has 0 saturated carbocycles. The van der Waals surface area contributed by atoms with Gasteiger partial charge >= 0.3 is 11.9 Å². The molecule has 2 aromatic carbocycles. The Labute approximate surface area is 181 Å². The maximum absolute atomic E-state index is 12.3.